The molecule has 10 nitrogen and oxygen atoms in total. The smallest absolute Gasteiger partial charge is 0.294 e. The molecule has 2 aromatic carbocycles. The van der Waals surface area contributed by atoms with Crippen molar-refractivity contribution in [2.24, 2.45) is 0 Å². The van der Waals surface area contributed by atoms with Crippen LogP contribution in [0.4, 0.5) is 0 Å². The monoisotopic (exact) mass is 563 g/mol. The van der Waals surface area contributed by atoms with E-state index in [0.29, 0.717) is 25.1 Å². The zero-order valence-electron chi connectivity index (χ0n) is 21.6. The Labute approximate surface area is 224 Å². The summed E-state index contributed by atoms with van der Waals surface area (Å²) in [6.07, 6.45) is 2.27. The first-order valence-corrected chi connectivity index (χ1v) is 15.3. The van der Waals surface area contributed by atoms with Crippen molar-refractivity contribution in [2.75, 3.05) is 13.1 Å². The number of hydrogen-bond donors (Lipinski definition) is 3. The van der Waals surface area contributed by atoms with Crippen LogP contribution in [0.25, 0.3) is 0 Å². The molecule has 0 bridgehead atoms. The summed E-state index contributed by atoms with van der Waals surface area (Å²) in [5.74, 6) is -0.245. The van der Waals surface area contributed by atoms with Gasteiger partial charge in [-0.1, -0.05) is 29.8 Å². The number of carbonyl (C=O) groups excluding carboxylic acids is 1. The molecular weight excluding hydrogens is 530 g/mol. The van der Waals surface area contributed by atoms with Crippen molar-refractivity contribution in [3.05, 3.63) is 64.2 Å². The minimum atomic E-state index is -4.07. The van der Waals surface area contributed by atoms with Gasteiger partial charge in [-0.05, 0) is 80.3 Å². The number of nitrogens with one attached hydrogen (secondary N) is 1. The van der Waals surface area contributed by atoms with Gasteiger partial charge in [0.25, 0.3) is 20.2 Å². The minimum Gasteiger partial charge on any atom is -0.325 e. The highest BCUT2D eigenvalue weighted by Crippen LogP contribution is 2.33. The van der Waals surface area contributed by atoms with Crippen molar-refractivity contribution in [2.45, 2.75) is 68.7 Å². The van der Waals surface area contributed by atoms with Crippen LogP contribution in [0.2, 0.25) is 0 Å². The van der Waals surface area contributed by atoms with Gasteiger partial charge in [0.1, 0.15) is 11.8 Å². The van der Waals surface area contributed by atoms with Gasteiger partial charge in [-0.2, -0.15) is 22.1 Å². The van der Waals surface area contributed by atoms with Crippen molar-refractivity contribution in [3.8, 4) is 6.07 Å². The predicted molar refractivity (Wildman–Crippen MR) is 142 cm³/mol. The minimum absolute atomic E-state index is 0.000139. The lowest BCUT2D eigenvalue weighted by molar-refractivity contribution is -0.133. The fourth-order valence-corrected chi connectivity index (χ4v) is 6.29. The van der Waals surface area contributed by atoms with Crippen LogP contribution < -0.4 is 5.32 Å². The van der Waals surface area contributed by atoms with Crippen LogP contribution in [-0.4, -0.2) is 61.9 Å². The van der Waals surface area contributed by atoms with Crippen LogP contribution in [0.15, 0.2) is 41.3 Å². The van der Waals surface area contributed by atoms with Crippen LogP contribution in [0, 0.1) is 32.1 Å². The van der Waals surface area contributed by atoms with Gasteiger partial charge >= 0.3 is 0 Å². The zero-order chi connectivity index (χ0) is 28.3. The maximum Gasteiger partial charge on any atom is 0.294 e. The van der Waals surface area contributed by atoms with Gasteiger partial charge in [-0.25, -0.2) is 0 Å². The molecule has 206 valence electrons. The van der Waals surface area contributed by atoms with Crippen LogP contribution in [-0.2, 0) is 30.8 Å². The molecule has 1 amide bonds. The molecule has 38 heavy (non-hydrogen) atoms. The van der Waals surface area contributed by atoms with Gasteiger partial charge in [0.15, 0.2) is 0 Å². The van der Waals surface area contributed by atoms with Crippen LogP contribution >= 0.6 is 0 Å². The molecule has 2 fully saturated rings. The molecule has 0 saturated carbocycles. The number of nitriles is 1. The molecule has 0 spiro atoms. The summed E-state index contributed by atoms with van der Waals surface area (Å²) in [4.78, 5) is 14.4. The molecule has 12 heteroatoms. The largest absolute Gasteiger partial charge is 0.325 e. The van der Waals surface area contributed by atoms with Crippen molar-refractivity contribution in [1.29, 1.82) is 5.26 Å². The van der Waals surface area contributed by atoms with Gasteiger partial charge < -0.3 is 10.2 Å². The van der Waals surface area contributed by atoms with E-state index in [1.807, 2.05) is 20.8 Å². The van der Waals surface area contributed by atoms with E-state index in [4.69, 9.17) is 9.11 Å². The third-order valence-electron chi connectivity index (χ3n) is 6.84. The summed E-state index contributed by atoms with van der Waals surface area (Å²) in [5.41, 5.74) is 4.56. The fourth-order valence-electron chi connectivity index (χ4n) is 5.22. The van der Waals surface area contributed by atoms with E-state index in [2.05, 4.69) is 11.4 Å². The molecule has 2 aromatic rings. The number of likely N-dealkylation sites (tertiary alicyclic amines) is 1. The van der Waals surface area contributed by atoms with Gasteiger partial charge in [0, 0.05) is 13.1 Å². The number of hydrogen-bond acceptors (Lipinski definition) is 7. The Morgan fingerprint density at radius 3 is 2.21 bits per heavy atom. The highest BCUT2D eigenvalue weighted by atomic mass is 32.2. The second-order valence-electron chi connectivity index (χ2n) is 9.87. The molecule has 0 aromatic heterocycles. The zero-order valence-corrected chi connectivity index (χ0v) is 23.2. The summed E-state index contributed by atoms with van der Waals surface area (Å²) in [6.45, 7) is 7.01. The predicted octanol–water partition coefficient (Wildman–Crippen LogP) is 2.89. The van der Waals surface area contributed by atoms with E-state index in [1.165, 1.54) is 12.1 Å². The average Bonchev–Trinajstić information content (AvgIpc) is 3.47. The van der Waals surface area contributed by atoms with Crippen molar-refractivity contribution >= 4 is 26.1 Å². The number of benzene rings is 2. The normalized spacial score (nSPS) is 21.5. The number of carbonyl (C=O) groups is 1. The van der Waals surface area contributed by atoms with E-state index in [0.717, 1.165) is 35.1 Å². The summed E-state index contributed by atoms with van der Waals surface area (Å²) >= 11 is 0. The highest BCUT2D eigenvalue weighted by molar-refractivity contribution is 7.85. The fraction of sp³-hybridized carbons (Fsp3) is 0.462. The van der Waals surface area contributed by atoms with E-state index < -0.39 is 26.0 Å². The molecule has 2 aliphatic rings. The second kappa shape index (κ2) is 11.9. The lowest BCUT2D eigenvalue weighted by Crippen LogP contribution is -2.45. The molecule has 2 aliphatic heterocycles. The third-order valence-corrected chi connectivity index (χ3v) is 8.41. The quantitative estimate of drug-likeness (QED) is 0.464. The molecule has 2 saturated heterocycles. The van der Waals surface area contributed by atoms with Crippen LogP contribution in [0.5, 0.6) is 0 Å². The van der Waals surface area contributed by atoms with E-state index in [1.54, 1.807) is 29.2 Å². The van der Waals surface area contributed by atoms with Crippen LogP contribution in [0.1, 0.15) is 53.0 Å². The Bertz CT molecular complexity index is 1410. The maximum atomic E-state index is 12.8. The Balaban J connectivity index is 0.000000304. The first-order valence-electron chi connectivity index (χ1n) is 12.2. The summed E-state index contributed by atoms with van der Waals surface area (Å²) in [6, 6.07) is 11.2. The Kier molecular flexibility index (Phi) is 9.33. The molecule has 4 rings (SSSR count). The number of rotatable bonds is 5. The first kappa shape index (κ1) is 29.7. The molecular formula is C26H33N3O7S2. The average molecular weight is 564 g/mol. The molecule has 0 aliphatic carbocycles. The second-order valence-corrected chi connectivity index (χ2v) is 12.7. The summed E-state index contributed by atoms with van der Waals surface area (Å²) in [5, 5.41) is 12.5. The number of aryl methyl sites for hydroxylation is 3. The Morgan fingerprint density at radius 2 is 1.68 bits per heavy atom. The Morgan fingerprint density at radius 1 is 1.08 bits per heavy atom. The molecule has 0 unspecified atom stereocenters. The lowest BCUT2D eigenvalue weighted by Gasteiger charge is -2.23. The standard InChI is InChI=1S/C19H25N3O4S.C7H8O3S/c1-12-6-14(11-27(24,25)26)7-13(2)18(12)15-8-17(21-10-15)19(23)22-5-3-4-16(22)9-20;1-6-2-4-7(5-3-6)11(8,9)10/h6-7,15-17,21H,3-5,8,10-11H2,1-2H3,(H,24,25,26);2-5H,1H3,(H,8,9,10)/t15-,16-,17-;/m0./s1. The van der Waals surface area contributed by atoms with Crippen molar-refractivity contribution in [1.82, 2.24) is 10.2 Å². The molecule has 3 N–H and O–H groups in total. The van der Waals surface area contributed by atoms with Crippen molar-refractivity contribution in [3.63, 3.8) is 0 Å². The number of nitrogens with zero attached hydrogens (tertiary/aromatic N) is 2. The summed E-state index contributed by atoms with van der Waals surface area (Å²) in [7, 11) is -8.09. The van der Waals surface area contributed by atoms with Crippen molar-refractivity contribution < 1.29 is 30.7 Å². The number of amides is 1. The summed E-state index contributed by atoms with van der Waals surface area (Å²) < 4.78 is 60.9. The van der Waals surface area contributed by atoms with Gasteiger partial charge in [0.05, 0.1) is 17.0 Å². The van der Waals surface area contributed by atoms with Gasteiger partial charge in [-0.3, -0.25) is 13.9 Å². The van der Waals surface area contributed by atoms with Gasteiger partial charge in [-0.15, -0.1) is 0 Å². The molecule has 0 radical (unpaired) electrons. The van der Waals surface area contributed by atoms with Gasteiger partial charge in [0.2, 0.25) is 5.91 Å². The Hall–Kier alpha value is -2.82. The third kappa shape index (κ3) is 7.61. The first-order chi connectivity index (χ1) is 17.7. The van der Waals surface area contributed by atoms with E-state index >= 15 is 0 Å². The lowest BCUT2D eigenvalue weighted by atomic mass is 9.87. The topological polar surface area (TPSA) is 165 Å². The van der Waals surface area contributed by atoms with Crippen LogP contribution in [0.3, 0.4) is 0 Å². The SMILES string of the molecule is Cc1cc(CS(=O)(=O)O)cc(C)c1[C@@H]1CN[C@H](C(=O)N2CCC[C@H]2C#N)C1.Cc1ccc(S(=O)(=O)O)cc1. The van der Waals surface area contributed by atoms with E-state index in [9.17, 15) is 26.9 Å². The highest BCUT2D eigenvalue weighted by Gasteiger charge is 2.38. The molecule has 3 atom stereocenters. The molecule has 2 heterocycles. The van der Waals surface area contributed by atoms with E-state index in [-0.39, 0.29) is 28.8 Å². The maximum absolute atomic E-state index is 12.8.